The summed E-state index contributed by atoms with van der Waals surface area (Å²) >= 11 is 0. The second kappa shape index (κ2) is 15.0. The Hall–Kier alpha value is -1.97. The van der Waals surface area contributed by atoms with Gasteiger partial charge < -0.3 is 4.74 Å². The van der Waals surface area contributed by atoms with Gasteiger partial charge in [-0.2, -0.15) is 4.39 Å². The average Bonchev–Trinajstić information content (AvgIpc) is 2.79. The highest BCUT2D eigenvalue weighted by molar-refractivity contribution is 5.55. The summed E-state index contributed by atoms with van der Waals surface area (Å²) in [5.74, 6) is -0.403. The Morgan fingerprint density at radius 2 is 1.28 bits per heavy atom. The molecule has 32 heavy (non-hydrogen) atoms. The second-order valence-electron chi connectivity index (χ2n) is 9.18. The molecule has 2 aromatic rings. The van der Waals surface area contributed by atoms with Gasteiger partial charge in [0.05, 0.1) is 0 Å². The third-order valence-electron chi connectivity index (χ3n) is 5.94. The van der Waals surface area contributed by atoms with Crippen LogP contribution in [0.25, 0.3) is 11.4 Å². The number of ether oxygens (including phenoxy) is 1. The van der Waals surface area contributed by atoms with Crippen molar-refractivity contribution in [3.05, 3.63) is 42.2 Å². The molecule has 178 valence electrons. The quantitative estimate of drug-likeness (QED) is 0.229. The molecule has 0 fully saturated rings. The van der Waals surface area contributed by atoms with Crippen molar-refractivity contribution in [3.63, 3.8) is 0 Å². The molecule has 0 aliphatic rings. The minimum atomic E-state index is -1.64. The molecule has 0 N–H and O–H groups in total. The van der Waals surface area contributed by atoms with Gasteiger partial charge in [-0.15, -0.1) is 0 Å². The van der Waals surface area contributed by atoms with E-state index in [1.54, 1.807) is 12.1 Å². The molecule has 0 radical (unpaired) electrons. The Balaban J connectivity index is 1.72. The molecule has 4 heteroatoms. The number of benzene rings is 1. The lowest BCUT2D eigenvalue weighted by Crippen LogP contribution is -2.26. The third-order valence-corrected chi connectivity index (χ3v) is 5.94. The highest BCUT2D eigenvalue weighted by Gasteiger charge is 2.24. The van der Waals surface area contributed by atoms with E-state index in [0.29, 0.717) is 18.0 Å². The van der Waals surface area contributed by atoms with Crippen molar-refractivity contribution in [2.75, 3.05) is 0 Å². The van der Waals surface area contributed by atoms with Gasteiger partial charge in [-0.1, -0.05) is 78.1 Å². The van der Waals surface area contributed by atoms with E-state index in [1.807, 2.05) is 24.5 Å². The maximum absolute atomic E-state index is 14.6. The molecule has 3 nitrogen and oxygen atoms in total. The van der Waals surface area contributed by atoms with Gasteiger partial charge in [-0.25, -0.2) is 9.97 Å². The molecule has 1 unspecified atom stereocenters. The lowest BCUT2D eigenvalue weighted by atomic mass is 10.1. The summed E-state index contributed by atoms with van der Waals surface area (Å²) in [7, 11) is 0. The fraction of sp³-hybridized carbons (Fsp3) is 0.643. The molecule has 1 heterocycles. The van der Waals surface area contributed by atoms with E-state index in [-0.39, 0.29) is 0 Å². The van der Waals surface area contributed by atoms with E-state index < -0.39 is 5.85 Å². The van der Waals surface area contributed by atoms with Gasteiger partial charge in [0.1, 0.15) is 5.75 Å². The van der Waals surface area contributed by atoms with Gasteiger partial charge >= 0.3 is 0 Å². The highest BCUT2D eigenvalue weighted by atomic mass is 19.2. The zero-order valence-corrected chi connectivity index (χ0v) is 20.5. The molecule has 0 amide bonds. The predicted molar refractivity (Wildman–Crippen MR) is 133 cm³/mol. The smallest absolute Gasteiger partial charge is 0.245 e. The van der Waals surface area contributed by atoms with Crippen molar-refractivity contribution in [1.82, 2.24) is 9.97 Å². The summed E-state index contributed by atoms with van der Waals surface area (Å²) in [5.41, 5.74) is 2.11. The molecule has 0 saturated carbocycles. The van der Waals surface area contributed by atoms with Crippen molar-refractivity contribution >= 4 is 0 Å². The first-order valence-corrected chi connectivity index (χ1v) is 12.8. The van der Waals surface area contributed by atoms with Crippen molar-refractivity contribution in [1.29, 1.82) is 0 Å². The molecule has 1 aromatic carbocycles. The summed E-state index contributed by atoms with van der Waals surface area (Å²) in [5, 5.41) is 0. The fourth-order valence-corrected chi connectivity index (χ4v) is 3.93. The van der Waals surface area contributed by atoms with Gasteiger partial charge in [-0.3, -0.25) is 0 Å². The summed E-state index contributed by atoms with van der Waals surface area (Å²) in [6.45, 7) is 5.88. The summed E-state index contributed by atoms with van der Waals surface area (Å²) < 4.78 is 20.1. The van der Waals surface area contributed by atoms with Gasteiger partial charge in [0.2, 0.25) is 5.85 Å². The van der Waals surface area contributed by atoms with Gasteiger partial charge in [0.15, 0.2) is 5.82 Å². The monoisotopic (exact) mass is 442 g/mol. The number of alkyl halides is 1. The van der Waals surface area contributed by atoms with Crippen LogP contribution in [0.4, 0.5) is 4.39 Å². The topological polar surface area (TPSA) is 35.0 Å². The molecular weight excluding hydrogens is 399 g/mol. The molecule has 2 rings (SSSR count). The Kier molecular flexibility index (Phi) is 12.3. The lowest BCUT2D eigenvalue weighted by molar-refractivity contribution is -0.0529. The Labute approximate surface area is 195 Å². The van der Waals surface area contributed by atoms with E-state index in [9.17, 15) is 4.39 Å². The van der Waals surface area contributed by atoms with Crippen LogP contribution >= 0.6 is 0 Å². The number of aryl methyl sites for hydroxylation is 1. The number of hydrogen-bond acceptors (Lipinski definition) is 3. The van der Waals surface area contributed by atoms with Crippen LogP contribution in [0.3, 0.4) is 0 Å². The van der Waals surface area contributed by atoms with Crippen LogP contribution in [-0.2, 0) is 6.42 Å². The van der Waals surface area contributed by atoms with Crippen LogP contribution in [0.1, 0.15) is 110 Å². The van der Waals surface area contributed by atoms with E-state index in [1.165, 1.54) is 70.3 Å². The fourth-order valence-electron chi connectivity index (χ4n) is 3.93. The van der Waals surface area contributed by atoms with Crippen molar-refractivity contribution in [2.24, 2.45) is 0 Å². The number of nitrogens with zero attached hydrogens (tertiary/aromatic N) is 2. The largest absolute Gasteiger partial charge is 0.458 e. The Bertz CT molecular complexity index is 728. The zero-order valence-electron chi connectivity index (χ0n) is 20.5. The molecule has 0 bridgehead atoms. The molecule has 0 saturated heterocycles. The summed E-state index contributed by atoms with van der Waals surface area (Å²) in [6, 6.07) is 7.39. The summed E-state index contributed by atoms with van der Waals surface area (Å²) in [6.07, 6.45) is 20.3. The van der Waals surface area contributed by atoms with Gasteiger partial charge in [0, 0.05) is 31.3 Å². The van der Waals surface area contributed by atoms with Crippen LogP contribution in [0, 0.1) is 0 Å². The molecular formula is C28H43FN2O. The first-order chi connectivity index (χ1) is 15.5. The minimum Gasteiger partial charge on any atom is -0.458 e. The van der Waals surface area contributed by atoms with Crippen LogP contribution in [0.2, 0.25) is 0 Å². The van der Waals surface area contributed by atoms with E-state index in [2.05, 4.69) is 23.8 Å². The van der Waals surface area contributed by atoms with E-state index >= 15 is 0 Å². The molecule has 0 aliphatic carbocycles. The zero-order chi connectivity index (χ0) is 23.1. The van der Waals surface area contributed by atoms with Crippen LogP contribution in [0.15, 0.2) is 36.7 Å². The van der Waals surface area contributed by atoms with Gasteiger partial charge in [0.25, 0.3) is 0 Å². The van der Waals surface area contributed by atoms with Crippen LogP contribution < -0.4 is 4.74 Å². The van der Waals surface area contributed by atoms with Crippen molar-refractivity contribution < 1.29 is 9.13 Å². The standard InChI is InChI=1S/C28H43FN2O/c1-4-6-8-9-10-11-12-13-14-16-24-22-30-27(31-23-24)25-17-19-26(20-18-25)32-28(3,29)21-15-7-5-2/h17-20,22-23H,4-16,21H2,1-3H3. The Morgan fingerprint density at radius 3 is 1.88 bits per heavy atom. The lowest BCUT2D eigenvalue weighted by Gasteiger charge is -2.22. The third kappa shape index (κ3) is 10.6. The van der Waals surface area contributed by atoms with Crippen LogP contribution in [-0.4, -0.2) is 15.8 Å². The number of halogens is 1. The van der Waals surface area contributed by atoms with E-state index in [0.717, 1.165) is 31.2 Å². The maximum Gasteiger partial charge on any atom is 0.245 e. The summed E-state index contributed by atoms with van der Waals surface area (Å²) in [4.78, 5) is 9.07. The molecule has 1 atom stereocenters. The highest BCUT2D eigenvalue weighted by Crippen LogP contribution is 2.27. The predicted octanol–water partition coefficient (Wildman–Crippen LogP) is 8.86. The van der Waals surface area contributed by atoms with Gasteiger partial charge in [-0.05, 0) is 49.1 Å². The van der Waals surface area contributed by atoms with Crippen molar-refractivity contribution in [2.45, 2.75) is 117 Å². The first kappa shape index (κ1) is 26.3. The van der Waals surface area contributed by atoms with E-state index in [4.69, 9.17) is 4.74 Å². The number of aromatic nitrogens is 2. The molecule has 0 aliphatic heterocycles. The number of rotatable bonds is 17. The van der Waals surface area contributed by atoms with Crippen molar-refractivity contribution in [3.8, 4) is 17.1 Å². The average molecular weight is 443 g/mol. The number of hydrogen-bond donors (Lipinski definition) is 0. The first-order valence-electron chi connectivity index (χ1n) is 12.8. The second-order valence-corrected chi connectivity index (χ2v) is 9.18. The number of unbranched alkanes of at least 4 members (excludes halogenated alkanes) is 10. The normalized spacial score (nSPS) is 13.1. The molecule has 1 aromatic heterocycles. The SMILES string of the molecule is CCCCCCCCCCCc1cnc(-c2ccc(OC(C)(F)CCCCC)cc2)nc1. The maximum atomic E-state index is 14.6. The Morgan fingerprint density at radius 1 is 0.750 bits per heavy atom. The minimum absolute atomic E-state index is 0.409. The van der Waals surface area contributed by atoms with Crippen LogP contribution in [0.5, 0.6) is 5.75 Å². The molecule has 0 spiro atoms.